The van der Waals surface area contributed by atoms with Gasteiger partial charge in [0.15, 0.2) is 11.4 Å². The van der Waals surface area contributed by atoms with Gasteiger partial charge in [0.2, 0.25) is 11.4 Å². The van der Waals surface area contributed by atoms with Gasteiger partial charge >= 0.3 is 0 Å². The molecule has 9 nitrogen and oxygen atoms in total. The van der Waals surface area contributed by atoms with Crippen molar-refractivity contribution in [1.82, 2.24) is 19.5 Å². The lowest BCUT2D eigenvalue weighted by Crippen LogP contribution is -2.55. The van der Waals surface area contributed by atoms with Gasteiger partial charge in [-0.2, -0.15) is 0 Å². The van der Waals surface area contributed by atoms with Crippen molar-refractivity contribution < 1.29 is 9.90 Å². The van der Waals surface area contributed by atoms with Crippen LogP contribution in [0.4, 0.5) is 5.95 Å². The van der Waals surface area contributed by atoms with E-state index in [4.69, 9.17) is 0 Å². The minimum Gasteiger partial charge on any atom is -0.502 e. The molecular formula is C17H22N6O3. The minimum absolute atomic E-state index is 0.00677. The van der Waals surface area contributed by atoms with Crippen molar-refractivity contribution in [3.05, 3.63) is 46.1 Å². The zero-order valence-corrected chi connectivity index (χ0v) is 15.1. The van der Waals surface area contributed by atoms with Gasteiger partial charge in [-0.15, -0.1) is 0 Å². The lowest BCUT2D eigenvalue weighted by molar-refractivity contribution is 0.0698. The summed E-state index contributed by atoms with van der Waals surface area (Å²) in [5.74, 6) is -0.247. The van der Waals surface area contributed by atoms with Gasteiger partial charge < -0.3 is 14.9 Å². The number of fused-ring (bicyclic) bond motifs is 1. The van der Waals surface area contributed by atoms with E-state index in [1.807, 2.05) is 23.9 Å². The zero-order chi connectivity index (χ0) is 18.8. The van der Waals surface area contributed by atoms with Gasteiger partial charge in [0, 0.05) is 44.3 Å². The van der Waals surface area contributed by atoms with Crippen molar-refractivity contribution in [1.29, 1.82) is 0 Å². The second-order valence-corrected chi connectivity index (χ2v) is 6.19. The number of hydrogen-bond donors (Lipinski definition) is 1. The summed E-state index contributed by atoms with van der Waals surface area (Å²) in [6.45, 7) is 5.48. The van der Waals surface area contributed by atoms with Crippen LogP contribution in [0, 0.1) is 6.92 Å². The van der Waals surface area contributed by atoms with E-state index < -0.39 is 11.2 Å². The molecule has 0 bridgehead atoms. The third-order valence-corrected chi connectivity index (χ3v) is 4.44. The van der Waals surface area contributed by atoms with E-state index in [9.17, 15) is 14.7 Å². The average molecular weight is 358 g/mol. The summed E-state index contributed by atoms with van der Waals surface area (Å²) < 4.78 is 1.58. The van der Waals surface area contributed by atoms with Crippen LogP contribution in [0.2, 0.25) is 0 Å². The quantitative estimate of drug-likeness (QED) is 0.813. The number of carbonyl (C=O) groups excluding carboxylic acids is 1. The van der Waals surface area contributed by atoms with Gasteiger partial charge in [-0.3, -0.25) is 19.3 Å². The standard InChI is InChI=1S/C17H22N6O3/c1-4-21-11-22(9-8-20(3)17-18-6-5-7-19-17)23-10-12(2)14(24)15(25)13(23)16(21)26/h5-7,10,25H,4,8-9,11H2,1-3H3. The Kier molecular flexibility index (Phi) is 4.79. The fourth-order valence-corrected chi connectivity index (χ4v) is 2.89. The second kappa shape index (κ2) is 7.03. The van der Waals surface area contributed by atoms with Gasteiger partial charge in [0.1, 0.15) is 6.67 Å². The van der Waals surface area contributed by atoms with E-state index in [0.717, 1.165) is 0 Å². The van der Waals surface area contributed by atoms with Gasteiger partial charge in [0.25, 0.3) is 5.91 Å². The van der Waals surface area contributed by atoms with Crippen molar-refractivity contribution in [3.63, 3.8) is 0 Å². The predicted molar refractivity (Wildman–Crippen MR) is 97.1 cm³/mol. The first-order chi connectivity index (χ1) is 12.4. The highest BCUT2D eigenvalue weighted by Gasteiger charge is 2.32. The highest BCUT2D eigenvalue weighted by Crippen LogP contribution is 2.20. The fraction of sp³-hybridized carbons (Fsp3) is 0.412. The summed E-state index contributed by atoms with van der Waals surface area (Å²) in [5.41, 5.74) is -0.127. The summed E-state index contributed by atoms with van der Waals surface area (Å²) >= 11 is 0. The summed E-state index contributed by atoms with van der Waals surface area (Å²) in [5, 5.41) is 12.2. The van der Waals surface area contributed by atoms with Crippen LogP contribution in [0.3, 0.4) is 0 Å². The number of nitrogens with zero attached hydrogens (tertiary/aromatic N) is 6. The third-order valence-electron chi connectivity index (χ3n) is 4.44. The molecule has 0 unspecified atom stereocenters. The molecule has 0 aliphatic carbocycles. The maximum atomic E-state index is 12.6. The van der Waals surface area contributed by atoms with Crippen LogP contribution in [0.1, 0.15) is 23.0 Å². The molecule has 0 saturated heterocycles. The summed E-state index contributed by atoms with van der Waals surface area (Å²) in [4.78, 5) is 36.6. The number of rotatable bonds is 5. The van der Waals surface area contributed by atoms with Crippen LogP contribution in [0.5, 0.6) is 5.75 Å². The molecule has 0 saturated carbocycles. The van der Waals surface area contributed by atoms with Crippen molar-refractivity contribution in [3.8, 4) is 5.75 Å². The first-order valence-corrected chi connectivity index (χ1v) is 8.42. The Balaban J connectivity index is 1.90. The average Bonchev–Trinajstić information content (AvgIpc) is 2.66. The first kappa shape index (κ1) is 17.7. The Hall–Kier alpha value is -3.10. The van der Waals surface area contributed by atoms with E-state index in [0.29, 0.717) is 37.8 Å². The number of hydrogen-bond acceptors (Lipinski definition) is 7. The normalized spacial score (nSPS) is 13.7. The molecule has 1 aliphatic rings. The maximum Gasteiger partial charge on any atom is 0.277 e. The maximum absolute atomic E-state index is 12.6. The van der Waals surface area contributed by atoms with E-state index in [1.165, 1.54) is 0 Å². The van der Waals surface area contributed by atoms with E-state index in [2.05, 4.69) is 9.97 Å². The molecule has 2 aromatic rings. The molecule has 1 amide bonds. The first-order valence-electron chi connectivity index (χ1n) is 8.42. The molecule has 26 heavy (non-hydrogen) atoms. The number of amides is 1. The van der Waals surface area contributed by atoms with E-state index >= 15 is 0 Å². The molecule has 1 N–H and O–H groups in total. The Morgan fingerprint density at radius 2 is 1.96 bits per heavy atom. The SMILES string of the molecule is CCN1CN(CCN(C)c2ncccn2)n2cc(C)c(=O)c(O)c2C1=O. The molecule has 9 heteroatoms. The molecule has 2 aromatic heterocycles. The Morgan fingerprint density at radius 1 is 1.27 bits per heavy atom. The van der Waals surface area contributed by atoms with Crippen molar-refractivity contribution in [2.24, 2.45) is 0 Å². The highest BCUT2D eigenvalue weighted by molar-refractivity contribution is 5.96. The number of likely N-dealkylation sites (N-methyl/N-ethyl adjacent to an activating group) is 1. The molecule has 0 atom stereocenters. The van der Waals surface area contributed by atoms with Crippen LogP contribution in [-0.2, 0) is 0 Å². The summed E-state index contributed by atoms with van der Waals surface area (Å²) in [6.07, 6.45) is 4.96. The summed E-state index contributed by atoms with van der Waals surface area (Å²) in [6, 6.07) is 1.75. The minimum atomic E-state index is -0.516. The monoisotopic (exact) mass is 358 g/mol. The molecule has 3 rings (SSSR count). The molecule has 0 fully saturated rings. The smallest absolute Gasteiger partial charge is 0.277 e. The number of carbonyl (C=O) groups is 1. The molecule has 0 aromatic carbocycles. The number of aromatic nitrogens is 3. The largest absolute Gasteiger partial charge is 0.502 e. The number of pyridine rings is 1. The number of anilines is 1. The van der Waals surface area contributed by atoms with Crippen LogP contribution < -0.4 is 15.3 Å². The van der Waals surface area contributed by atoms with Crippen LogP contribution in [-0.4, -0.2) is 63.9 Å². The van der Waals surface area contributed by atoms with Gasteiger partial charge in [-0.25, -0.2) is 9.97 Å². The summed E-state index contributed by atoms with van der Waals surface area (Å²) in [7, 11) is 1.89. The van der Waals surface area contributed by atoms with Crippen LogP contribution in [0.25, 0.3) is 0 Å². The van der Waals surface area contributed by atoms with Gasteiger partial charge in [0.05, 0.1) is 6.54 Å². The predicted octanol–water partition coefficient (Wildman–Crippen LogP) is 0.160. The molecule has 0 radical (unpaired) electrons. The Bertz CT molecular complexity index is 867. The molecule has 3 heterocycles. The van der Waals surface area contributed by atoms with Crippen molar-refractivity contribution in [2.75, 3.05) is 43.3 Å². The lowest BCUT2D eigenvalue weighted by Gasteiger charge is -2.40. The Morgan fingerprint density at radius 3 is 2.62 bits per heavy atom. The van der Waals surface area contributed by atoms with Gasteiger partial charge in [-0.05, 0) is 19.9 Å². The van der Waals surface area contributed by atoms with E-state index in [1.54, 1.807) is 41.2 Å². The lowest BCUT2D eigenvalue weighted by atomic mass is 10.2. The number of aryl methyl sites for hydroxylation is 1. The van der Waals surface area contributed by atoms with Crippen molar-refractivity contribution >= 4 is 11.9 Å². The molecular weight excluding hydrogens is 336 g/mol. The third kappa shape index (κ3) is 3.07. The van der Waals surface area contributed by atoms with Crippen LogP contribution >= 0.6 is 0 Å². The van der Waals surface area contributed by atoms with Gasteiger partial charge in [-0.1, -0.05) is 0 Å². The zero-order valence-electron chi connectivity index (χ0n) is 15.1. The van der Waals surface area contributed by atoms with Crippen molar-refractivity contribution in [2.45, 2.75) is 13.8 Å². The Labute approximate surface area is 151 Å². The highest BCUT2D eigenvalue weighted by atomic mass is 16.3. The topological polar surface area (TPSA) is 94.8 Å². The second-order valence-electron chi connectivity index (χ2n) is 6.19. The van der Waals surface area contributed by atoms with E-state index in [-0.39, 0.29) is 11.6 Å². The fourth-order valence-electron chi connectivity index (χ4n) is 2.89. The molecule has 138 valence electrons. The number of aromatic hydroxyl groups is 1. The molecule has 0 spiro atoms. The molecule has 1 aliphatic heterocycles. The van der Waals surface area contributed by atoms with Crippen LogP contribution in [0.15, 0.2) is 29.5 Å².